The van der Waals surface area contributed by atoms with Gasteiger partial charge in [-0.3, -0.25) is 0 Å². The Kier molecular flexibility index (Phi) is 4.22. The molecule has 0 amide bonds. The molecule has 0 aromatic heterocycles. The number of hydrogen-bond acceptors (Lipinski definition) is 2. The first kappa shape index (κ1) is 11.9. The molecule has 88 valence electrons. The van der Waals surface area contributed by atoms with Crippen molar-refractivity contribution in [3.8, 4) is 0 Å². The van der Waals surface area contributed by atoms with Gasteiger partial charge in [0.05, 0.1) is 13.2 Å². The number of ether oxygens (including phenoxy) is 1. The molecule has 1 aromatic rings. The van der Waals surface area contributed by atoms with Gasteiger partial charge in [0.25, 0.3) is 0 Å². The number of morpholine rings is 1. The molecular formula is C13H18ClNO. The summed E-state index contributed by atoms with van der Waals surface area (Å²) in [6.07, 6.45) is 2.19. The smallest absolute Gasteiger partial charge is 0.0620 e. The molecule has 1 fully saturated rings. The molecule has 2 nitrogen and oxygen atoms in total. The molecule has 2 unspecified atom stereocenters. The lowest BCUT2D eigenvalue weighted by molar-refractivity contribution is 0.0483. The summed E-state index contributed by atoms with van der Waals surface area (Å²) in [4.78, 5) is 0. The molecule has 0 spiro atoms. The summed E-state index contributed by atoms with van der Waals surface area (Å²) in [6.45, 7) is 3.82. The molecule has 2 atom stereocenters. The van der Waals surface area contributed by atoms with E-state index in [0.717, 1.165) is 31.1 Å². The monoisotopic (exact) mass is 239 g/mol. The van der Waals surface area contributed by atoms with Crippen LogP contribution in [0.4, 0.5) is 0 Å². The highest BCUT2D eigenvalue weighted by Gasteiger charge is 2.17. The lowest BCUT2D eigenvalue weighted by atomic mass is 10.0. The zero-order chi connectivity index (χ0) is 11.4. The summed E-state index contributed by atoms with van der Waals surface area (Å²) in [6, 6.07) is 9.04. The fraction of sp³-hybridized carbons (Fsp3) is 0.538. The number of hydrogen-bond donors (Lipinski definition) is 1. The quantitative estimate of drug-likeness (QED) is 0.876. The van der Waals surface area contributed by atoms with Gasteiger partial charge in [-0.1, -0.05) is 23.7 Å². The van der Waals surface area contributed by atoms with E-state index in [1.807, 2.05) is 12.1 Å². The van der Waals surface area contributed by atoms with E-state index >= 15 is 0 Å². The van der Waals surface area contributed by atoms with Crippen LogP contribution in [0.15, 0.2) is 24.3 Å². The molecule has 1 saturated heterocycles. The molecule has 0 bridgehead atoms. The van der Waals surface area contributed by atoms with Crippen LogP contribution in [0.1, 0.15) is 18.9 Å². The van der Waals surface area contributed by atoms with Crippen LogP contribution < -0.4 is 5.32 Å². The molecule has 0 aliphatic carbocycles. The zero-order valence-corrected chi connectivity index (χ0v) is 10.3. The molecule has 0 saturated carbocycles. The second-order valence-electron chi connectivity index (χ2n) is 4.47. The molecule has 1 aliphatic heterocycles. The first-order valence-electron chi connectivity index (χ1n) is 5.82. The van der Waals surface area contributed by atoms with Crippen molar-refractivity contribution in [2.24, 2.45) is 0 Å². The third kappa shape index (κ3) is 3.48. The van der Waals surface area contributed by atoms with E-state index in [4.69, 9.17) is 16.3 Å². The molecule has 1 heterocycles. The molecular weight excluding hydrogens is 222 g/mol. The normalized spacial score (nSPS) is 25.6. The summed E-state index contributed by atoms with van der Waals surface area (Å²) >= 11 is 5.85. The Morgan fingerprint density at radius 2 is 2.06 bits per heavy atom. The third-order valence-electron chi connectivity index (χ3n) is 2.90. The second-order valence-corrected chi connectivity index (χ2v) is 4.90. The SMILES string of the molecule is CC1COCC(CCc2ccc(Cl)cc2)N1. The molecule has 1 N–H and O–H groups in total. The summed E-state index contributed by atoms with van der Waals surface area (Å²) in [5.41, 5.74) is 1.34. The summed E-state index contributed by atoms with van der Waals surface area (Å²) < 4.78 is 5.52. The van der Waals surface area contributed by atoms with E-state index in [0.29, 0.717) is 12.1 Å². The molecule has 2 rings (SSSR count). The van der Waals surface area contributed by atoms with Crippen molar-refractivity contribution in [2.45, 2.75) is 31.8 Å². The van der Waals surface area contributed by atoms with Gasteiger partial charge in [-0.15, -0.1) is 0 Å². The Labute approximate surface area is 102 Å². The van der Waals surface area contributed by atoms with Crippen molar-refractivity contribution < 1.29 is 4.74 Å². The van der Waals surface area contributed by atoms with Crippen molar-refractivity contribution in [1.82, 2.24) is 5.32 Å². The Hall–Kier alpha value is -0.570. The first-order valence-corrected chi connectivity index (χ1v) is 6.20. The number of halogens is 1. The minimum absolute atomic E-state index is 0.476. The van der Waals surface area contributed by atoms with Crippen LogP contribution in [-0.2, 0) is 11.2 Å². The highest BCUT2D eigenvalue weighted by molar-refractivity contribution is 6.30. The Morgan fingerprint density at radius 1 is 1.31 bits per heavy atom. The first-order chi connectivity index (χ1) is 7.74. The van der Waals surface area contributed by atoms with Gasteiger partial charge in [0.1, 0.15) is 0 Å². The summed E-state index contributed by atoms with van der Waals surface area (Å²) in [7, 11) is 0. The van der Waals surface area contributed by atoms with E-state index < -0.39 is 0 Å². The fourth-order valence-corrected chi connectivity index (χ4v) is 2.17. The number of benzene rings is 1. The predicted molar refractivity (Wildman–Crippen MR) is 67.0 cm³/mol. The summed E-state index contributed by atoms with van der Waals surface area (Å²) in [5, 5.41) is 4.35. The average molecular weight is 240 g/mol. The standard InChI is InChI=1S/C13H18ClNO/c1-10-8-16-9-13(15-10)7-4-11-2-5-12(14)6-3-11/h2-3,5-6,10,13,15H,4,7-9H2,1H3. The lowest BCUT2D eigenvalue weighted by Gasteiger charge is -2.28. The van der Waals surface area contributed by atoms with E-state index in [9.17, 15) is 0 Å². The minimum atomic E-state index is 0.476. The maximum absolute atomic E-state index is 5.85. The number of rotatable bonds is 3. The molecule has 1 aliphatic rings. The maximum atomic E-state index is 5.85. The predicted octanol–water partition coefficient (Wildman–Crippen LogP) is 2.65. The van der Waals surface area contributed by atoms with E-state index in [1.54, 1.807) is 0 Å². The van der Waals surface area contributed by atoms with Crippen LogP contribution in [0.2, 0.25) is 5.02 Å². The zero-order valence-electron chi connectivity index (χ0n) is 9.58. The van der Waals surface area contributed by atoms with Gasteiger partial charge in [-0.2, -0.15) is 0 Å². The van der Waals surface area contributed by atoms with Crippen LogP contribution in [0.5, 0.6) is 0 Å². The van der Waals surface area contributed by atoms with Crippen molar-refractivity contribution in [1.29, 1.82) is 0 Å². The highest BCUT2D eigenvalue weighted by atomic mass is 35.5. The van der Waals surface area contributed by atoms with Gasteiger partial charge in [-0.25, -0.2) is 0 Å². The Bertz CT molecular complexity index is 325. The molecule has 16 heavy (non-hydrogen) atoms. The number of aryl methyl sites for hydroxylation is 1. The van der Waals surface area contributed by atoms with Gasteiger partial charge in [0, 0.05) is 17.1 Å². The Morgan fingerprint density at radius 3 is 2.75 bits per heavy atom. The van der Waals surface area contributed by atoms with Crippen molar-refractivity contribution in [3.63, 3.8) is 0 Å². The van der Waals surface area contributed by atoms with Gasteiger partial charge in [0.15, 0.2) is 0 Å². The van der Waals surface area contributed by atoms with Gasteiger partial charge in [-0.05, 0) is 37.5 Å². The van der Waals surface area contributed by atoms with Gasteiger partial charge >= 0.3 is 0 Å². The van der Waals surface area contributed by atoms with Crippen LogP contribution in [0.3, 0.4) is 0 Å². The molecule has 0 radical (unpaired) electrons. The maximum Gasteiger partial charge on any atom is 0.0620 e. The van der Waals surface area contributed by atoms with Crippen LogP contribution >= 0.6 is 11.6 Å². The largest absolute Gasteiger partial charge is 0.378 e. The van der Waals surface area contributed by atoms with Crippen LogP contribution in [0, 0.1) is 0 Å². The van der Waals surface area contributed by atoms with Crippen molar-refractivity contribution in [2.75, 3.05) is 13.2 Å². The Balaban J connectivity index is 1.80. The highest BCUT2D eigenvalue weighted by Crippen LogP contribution is 2.13. The summed E-state index contributed by atoms with van der Waals surface area (Å²) in [5.74, 6) is 0. The van der Waals surface area contributed by atoms with Crippen LogP contribution in [-0.4, -0.2) is 25.3 Å². The average Bonchev–Trinajstić information content (AvgIpc) is 2.28. The second kappa shape index (κ2) is 5.67. The third-order valence-corrected chi connectivity index (χ3v) is 3.15. The lowest BCUT2D eigenvalue weighted by Crippen LogP contribution is -2.47. The number of nitrogens with one attached hydrogen (secondary N) is 1. The topological polar surface area (TPSA) is 21.3 Å². The van der Waals surface area contributed by atoms with E-state index in [2.05, 4.69) is 24.4 Å². The van der Waals surface area contributed by atoms with Crippen molar-refractivity contribution in [3.05, 3.63) is 34.9 Å². The minimum Gasteiger partial charge on any atom is -0.378 e. The van der Waals surface area contributed by atoms with Gasteiger partial charge < -0.3 is 10.1 Å². The molecule has 3 heteroatoms. The van der Waals surface area contributed by atoms with Crippen LogP contribution in [0.25, 0.3) is 0 Å². The van der Waals surface area contributed by atoms with E-state index in [-0.39, 0.29) is 0 Å². The van der Waals surface area contributed by atoms with E-state index in [1.165, 1.54) is 5.56 Å². The van der Waals surface area contributed by atoms with Gasteiger partial charge in [0.2, 0.25) is 0 Å². The molecule has 1 aromatic carbocycles. The fourth-order valence-electron chi connectivity index (χ4n) is 2.04. The van der Waals surface area contributed by atoms with Crippen molar-refractivity contribution >= 4 is 11.6 Å².